The topological polar surface area (TPSA) is 20.2 Å². The Kier molecular flexibility index (Phi) is 1.10. The van der Waals surface area contributed by atoms with Crippen LogP contribution in [0.15, 0.2) is 24.3 Å². The minimum Gasteiger partial charge on any atom is -0.382 e. The minimum absolute atomic E-state index is 0.0486. The molecule has 1 aliphatic rings. The van der Waals surface area contributed by atoms with Gasteiger partial charge in [-0.25, -0.2) is 0 Å². The number of aliphatic hydroxyl groups is 1. The molecule has 1 aromatic rings. The highest BCUT2D eigenvalue weighted by atomic mass is 19.3. The van der Waals surface area contributed by atoms with Crippen molar-refractivity contribution in [2.45, 2.75) is 12.0 Å². The van der Waals surface area contributed by atoms with Crippen LogP contribution in [-0.4, -0.2) is 5.11 Å². The Balaban J connectivity index is 2.56. The summed E-state index contributed by atoms with van der Waals surface area (Å²) < 4.78 is 25.3. The average Bonchev–Trinajstić information content (AvgIpc) is 2.04. The normalized spacial score (nSPS) is 25.5. The van der Waals surface area contributed by atoms with E-state index in [2.05, 4.69) is 0 Å². The van der Waals surface area contributed by atoms with Crippen LogP contribution in [0, 0.1) is 0 Å². The van der Waals surface area contributed by atoms with Crippen molar-refractivity contribution < 1.29 is 13.9 Å². The van der Waals surface area contributed by atoms with Crippen molar-refractivity contribution in [2.24, 2.45) is 0 Å². The van der Waals surface area contributed by atoms with Gasteiger partial charge in [-0.15, -0.1) is 0 Å². The molecule has 3 heteroatoms. The zero-order valence-corrected chi connectivity index (χ0v) is 5.59. The van der Waals surface area contributed by atoms with Crippen molar-refractivity contribution in [3.63, 3.8) is 0 Å². The van der Waals surface area contributed by atoms with Crippen LogP contribution in [-0.2, 0) is 5.92 Å². The van der Waals surface area contributed by atoms with Crippen LogP contribution >= 0.6 is 0 Å². The Morgan fingerprint density at radius 1 is 1.27 bits per heavy atom. The van der Waals surface area contributed by atoms with Gasteiger partial charge in [-0.1, -0.05) is 24.3 Å². The second kappa shape index (κ2) is 1.80. The Morgan fingerprint density at radius 2 is 1.91 bits per heavy atom. The van der Waals surface area contributed by atoms with Gasteiger partial charge in [0.25, 0.3) is 0 Å². The van der Waals surface area contributed by atoms with Gasteiger partial charge in [-0.05, 0) is 5.56 Å². The molecule has 0 saturated carbocycles. The Bertz CT molecular complexity index is 296. The molecule has 0 heterocycles. The summed E-state index contributed by atoms with van der Waals surface area (Å²) in [6, 6.07) is 6.02. The van der Waals surface area contributed by atoms with Gasteiger partial charge in [0.05, 0.1) is 0 Å². The number of rotatable bonds is 0. The van der Waals surface area contributed by atoms with Crippen LogP contribution in [0.3, 0.4) is 0 Å². The second-order valence-corrected chi connectivity index (χ2v) is 2.61. The van der Waals surface area contributed by atoms with E-state index in [4.69, 9.17) is 5.11 Å². The van der Waals surface area contributed by atoms with Crippen LogP contribution in [0.25, 0.3) is 0 Å². The predicted octanol–water partition coefficient (Wildman–Crippen LogP) is 1.83. The van der Waals surface area contributed by atoms with E-state index < -0.39 is 12.0 Å². The summed E-state index contributed by atoms with van der Waals surface area (Å²) >= 11 is 0. The number of halogens is 2. The van der Waals surface area contributed by atoms with Crippen LogP contribution in [0.5, 0.6) is 0 Å². The summed E-state index contributed by atoms with van der Waals surface area (Å²) in [6.45, 7) is 0. The summed E-state index contributed by atoms with van der Waals surface area (Å²) in [5.74, 6) is -3.03. The highest BCUT2D eigenvalue weighted by Crippen LogP contribution is 2.51. The zero-order chi connectivity index (χ0) is 8.06. The molecule has 1 unspecified atom stereocenters. The van der Waals surface area contributed by atoms with Gasteiger partial charge in [-0.2, -0.15) is 8.78 Å². The largest absolute Gasteiger partial charge is 0.382 e. The van der Waals surface area contributed by atoms with E-state index in [9.17, 15) is 8.78 Å². The van der Waals surface area contributed by atoms with Crippen LogP contribution in [0.2, 0.25) is 0 Å². The molecule has 0 saturated heterocycles. The molecule has 2 rings (SSSR count). The lowest BCUT2D eigenvalue weighted by atomic mass is 9.81. The van der Waals surface area contributed by atoms with E-state index in [0.29, 0.717) is 5.56 Å². The highest BCUT2D eigenvalue weighted by molar-refractivity contribution is 5.43. The van der Waals surface area contributed by atoms with E-state index in [1.54, 1.807) is 12.1 Å². The molecule has 58 valence electrons. The molecule has 0 aliphatic heterocycles. The maximum absolute atomic E-state index is 12.7. The molecule has 0 aromatic heterocycles. The first-order chi connectivity index (χ1) is 5.14. The lowest BCUT2D eigenvalue weighted by Gasteiger charge is -2.35. The van der Waals surface area contributed by atoms with Crippen LogP contribution in [0.4, 0.5) is 8.78 Å². The number of hydrogen-bond donors (Lipinski definition) is 1. The average molecular weight is 156 g/mol. The van der Waals surface area contributed by atoms with E-state index in [1.807, 2.05) is 0 Å². The number of aliphatic hydroxyl groups excluding tert-OH is 1. The van der Waals surface area contributed by atoms with E-state index >= 15 is 0 Å². The molecule has 0 spiro atoms. The molecule has 1 aromatic carbocycles. The molecule has 0 bridgehead atoms. The fourth-order valence-corrected chi connectivity index (χ4v) is 1.30. The molecule has 0 radical (unpaired) electrons. The second-order valence-electron chi connectivity index (χ2n) is 2.61. The standard InChI is InChI=1S/C8H6F2O/c9-8(10)6-4-2-1-3-5(6)7(8)11/h1-4,7,11H. The predicted molar refractivity (Wildman–Crippen MR) is 35.3 cm³/mol. The van der Waals surface area contributed by atoms with Gasteiger partial charge in [0.2, 0.25) is 0 Å². The molecule has 11 heavy (non-hydrogen) atoms. The van der Waals surface area contributed by atoms with Gasteiger partial charge < -0.3 is 5.11 Å². The van der Waals surface area contributed by atoms with Gasteiger partial charge >= 0.3 is 5.92 Å². The molecular weight excluding hydrogens is 150 g/mol. The minimum atomic E-state index is -3.03. The summed E-state index contributed by atoms with van der Waals surface area (Å²) in [4.78, 5) is 0. The van der Waals surface area contributed by atoms with Crippen molar-refractivity contribution in [1.29, 1.82) is 0 Å². The summed E-state index contributed by atoms with van der Waals surface area (Å²) in [5, 5.41) is 8.88. The van der Waals surface area contributed by atoms with Crippen molar-refractivity contribution in [3.8, 4) is 0 Å². The smallest absolute Gasteiger partial charge is 0.303 e. The summed E-state index contributed by atoms with van der Waals surface area (Å²) in [6.07, 6.45) is -1.60. The molecule has 1 nitrogen and oxygen atoms in total. The van der Waals surface area contributed by atoms with Gasteiger partial charge in [0.1, 0.15) is 6.10 Å². The lowest BCUT2D eigenvalue weighted by molar-refractivity contribution is -0.147. The van der Waals surface area contributed by atoms with E-state index in [0.717, 1.165) is 0 Å². The Hall–Kier alpha value is -0.960. The third kappa shape index (κ3) is 0.661. The summed E-state index contributed by atoms with van der Waals surface area (Å²) in [7, 11) is 0. The van der Waals surface area contributed by atoms with Crippen molar-refractivity contribution >= 4 is 0 Å². The Morgan fingerprint density at radius 3 is 2.55 bits per heavy atom. The quantitative estimate of drug-likeness (QED) is 0.607. The van der Waals surface area contributed by atoms with Crippen molar-refractivity contribution in [3.05, 3.63) is 35.4 Å². The van der Waals surface area contributed by atoms with Crippen molar-refractivity contribution in [2.75, 3.05) is 0 Å². The number of fused-ring (bicyclic) bond motifs is 1. The summed E-state index contributed by atoms with van der Waals surface area (Å²) in [5.41, 5.74) is 0.296. The molecule has 0 fully saturated rings. The fourth-order valence-electron chi connectivity index (χ4n) is 1.30. The molecule has 1 aliphatic carbocycles. The van der Waals surface area contributed by atoms with E-state index in [-0.39, 0.29) is 5.56 Å². The molecule has 0 amide bonds. The third-order valence-corrected chi connectivity index (χ3v) is 1.96. The third-order valence-electron chi connectivity index (χ3n) is 1.96. The van der Waals surface area contributed by atoms with Gasteiger partial charge in [0, 0.05) is 5.56 Å². The van der Waals surface area contributed by atoms with Crippen LogP contribution in [0.1, 0.15) is 17.2 Å². The van der Waals surface area contributed by atoms with Crippen LogP contribution < -0.4 is 0 Å². The molecule has 1 atom stereocenters. The Labute approximate surface area is 62.3 Å². The van der Waals surface area contributed by atoms with Crippen molar-refractivity contribution in [1.82, 2.24) is 0 Å². The SMILES string of the molecule is OC1c2ccccc2C1(F)F. The first-order valence-electron chi connectivity index (χ1n) is 3.29. The van der Waals surface area contributed by atoms with Gasteiger partial charge in [0.15, 0.2) is 0 Å². The number of alkyl halides is 2. The fraction of sp³-hybridized carbons (Fsp3) is 0.250. The molecule has 1 N–H and O–H groups in total. The number of hydrogen-bond acceptors (Lipinski definition) is 1. The maximum atomic E-state index is 12.7. The zero-order valence-electron chi connectivity index (χ0n) is 5.59. The highest BCUT2D eigenvalue weighted by Gasteiger charge is 2.52. The first kappa shape index (κ1) is 6.73. The lowest BCUT2D eigenvalue weighted by Crippen LogP contribution is -2.35. The maximum Gasteiger partial charge on any atom is 0.303 e. The molecular formula is C8H6F2O. The monoisotopic (exact) mass is 156 g/mol. The van der Waals surface area contributed by atoms with E-state index in [1.165, 1.54) is 12.1 Å². The van der Waals surface area contributed by atoms with Gasteiger partial charge in [-0.3, -0.25) is 0 Å². The first-order valence-corrected chi connectivity index (χ1v) is 3.29. The number of benzene rings is 1.